The van der Waals surface area contributed by atoms with Gasteiger partial charge in [0.2, 0.25) is 5.91 Å². The van der Waals surface area contributed by atoms with E-state index >= 15 is 0 Å². The van der Waals surface area contributed by atoms with Crippen molar-refractivity contribution in [2.24, 2.45) is 5.73 Å². The Morgan fingerprint density at radius 3 is 2.67 bits per heavy atom. The molecule has 0 fully saturated rings. The third kappa shape index (κ3) is 4.46. The van der Waals surface area contributed by atoms with Crippen molar-refractivity contribution in [3.8, 4) is 0 Å². The highest BCUT2D eigenvalue weighted by Crippen LogP contribution is 2.22. The minimum atomic E-state index is -0.944. The van der Waals surface area contributed by atoms with Gasteiger partial charge in [0.15, 0.2) is 0 Å². The molecule has 0 aliphatic rings. The first kappa shape index (κ1) is 14.7. The molecule has 1 amide bonds. The lowest BCUT2D eigenvalue weighted by atomic mass is 10.1. The van der Waals surface area contributed by atoms with Crippen LogP contribution in [0, 0.1) is 6.92 Å². The summed E-state index contributed by atoms with van der Waals surface area (Å²) < 4.78 is 0. The van der Waals surface area contributed by atoms with Crippen LogP contribution in [0.2, 0.25) is 0 Å². The lowest BCUT2D eigenvalue weighted by Gasteiger charge is -2.16. The van der Waals surface area contributed by atoms with Crippen LogP contribution in [0.4, 0.5) is 0 Å². The minimum absolute atomic E-state index is 0.0962. The summed E-state index contributed by atoms with van der Waals surface area (Å²) in [6.45, 7) is 3.88. The second-order valence-corrected chi connectivity index (χ2v) is 5.54. The molecule has 0 bridgehead atoms. The Morgan fingerprint density at radius 1 is 1.50 bits per heavy atom. The molecule has 0 spiro atoms. The first-order valence-electron chi connectivity index (χ1n) is 5.74. The van der Waals surface area contributed by atoms with E-state index in [0.29, 0.717) is 0 Å². The van der Waals surface area contributed by atoms with Crippen LogP contribution in [-0.2, 0) is 9.59 Å². The van der Waals surface area contributed by atoms with Crippen molar-refractivity contribution >= 4 is 23.2 Å². The highest BCUT2D eigenvalue weighted by atomic mass is 32.1. The van der Waals surface area contributed by atoms with E-state index in [1.807, 2.05) is 26.0 Å². The lowest BCUT2D eigenvalue weighted by Crippen LogP contribution is -2.41. The normalized spacial score (nSPS) is 13.9. The Labute approximate surface area is 110 Å². The summed E-state index contributed by atoms with van der Waals surface area (Å²) in [6.07, 6.45) is 0.0540. The maximum absolute atomic E-state index is 11.7. The fourth-order valence-electron chi connectivity index (χ4n) is 1.49. The van der Waals surface area contributed by atoms with Gasteiger partial charge < -0.3 is 16.2 Å². The van der Waals surface area contributed by atoms with E-state index in [1.54, 1.807) is 11.3 Å². The maximum Gasteiger partial charge on any atom is 0.303 e. The van der Waals surface area contributed by atoms with Crippen LogP contribution in [0.1, 0.15) is 35.6 Å². The first-order chi connectivity index (χ1) is 8.40. The Kier molecular flexibility index (Phi) is 5.30. The van der Waals surface area contributed by atoms with Gasteiger partial charge in [-0.2, -0.15) is 0 Å². The highest BCUT2D eigenvalue weighted by molar-refractivity contribution is 7.12. The average Bonchev–Trinajstić information content (AvgIpc) is 2.72. The number of carboxylic acid groups (broad SMARTS) is 1. The summed E-state index contributed by atoms with van der Waals surface area (Å²) in [7, 11) is 0. The van der Waals surface area contributed by atoms with Gasteiger partial charge in [-0.3, -0.25) is 9.59 Å². The number of nitrogens with one attached hydrogen (secondary N) is 1. The SMILES string of the molecule is Cc1ccc(C(C)NC(=O)C(N)CCC(=O)O)s1. The summed E-state index contributed by atoms with van der Waals surface area (Å²) in [5.41, 5.74) is 5.63. The molecule has 2 atom stereocenters. The predicted octanol–water partition coefficient (Wildman–Crippen LogP) is 1.43. The van der Waals surface area contributed by atoms with Crippen molar-refractivity contribution in [2.75, 3.05) is 0 Å². The molecule has 5 nitrogen and oxygen atoms in total. The summed E-state index contributed by atoms with van der Waals surface area (Å²) in [4.78, 5) is 24.4. The van der Waals surface area contributed by atoms with Crippen molar-refractivity contribution in [1.82, 2.24) is 5.32 Å². The molecule has 0 radical (unpaired) electrons. The van der Waals surface area contributed by atoms with Gasteiger partial charge in [-0.25, -0.2) is 0 Å². The van der Waals surface area contributed by atoms with Gasteiger partial charge in [-0.05, 0) is 32.4 Å². The van der Waals surface area contributed by atoms with Gasteiger partial charge in [0.25, 0.3) is 0 Å². The van der Waals surface area contributed by atoms with E-state index in [4.69, 9.17) is 10.8 Å². The van der Waals surface area contributed by atoms with Crippen molar-refractivity contribution in [3.63, 3.8) is 0 Å². The number of aliphatic carboxylic acids is 1. The van der Waals surface area contributed by atoms with Crippen LogP contribution >= 0.6 is 11.3 Å². The molecule has 0 aromatic carbocycles. The lowest BCUT2D eigenvalue weighted by molar-refractivity contribution is -0.137. The zero-order valence-corrected chi connectivity index (χ0v) is 11.3. The Bertz CT molecular complexity index is 431. The number of rotatable bonds is 6. The fourth-order valence-corrected chi connectivity index (χ4v) is 2.37. The molecule has 1 aromatic heterocycles. The highest BCUT2D eigenvalue weighted by Gasteiger charge is 2.18. The average molecular weight is 270 g/mol. The number of carbonyl (C=O) groups excluding carboxylic acids is 1. The molecule has 18 heavy (non-hydrogen) atoms. The first-order valence-corrected chi connectivity index (χ1v) is 6.56. The molecule has 0 saturated carbocycles. The van der Waals surface area contributed by atoms with Crippen molar-refractivity contribution in [3.05, 3.63) is 21.9 Å². The Hall–Kier alpha value is -1.40. The third-order valence-corrected chi connectivity index (χ3v) is 3.74. The van der Waals surface area contributed by atoms with Crippen LogP contribution in [0.15, 0.2) is 12.1 Å². The molecule has 1 heterocycles. The molecular weight excluding hydrogens is 252 g/mol. The molecule has 1 rings (SSSR count). The van der Waals surface area contributed by atoms with Crippen LogP contribution in [-0.4, -0.2) is 23.0 Å². The van der Waals surface area contributed by atoms with Crippen LogP contribution in [0.25, 0.3) is 0 Å². The van der Waals surface area contributed by atoms with Crippen molar-refractivity contribution < 1.29 is 14.7 Å². The monoisotopic (exact) mass is 270 g/mol. The van der Waals surface area contributed by atoms with E-state index < -0.39 is 12.0 Å². The number of hydrogen-bond acceptors (Lipinski definition) is 4. The Balaban J connectivity index is 2.46. The topological polar surface area (TPSA) is 92.4 Å². The zero-order valence-electron chi connectivity index (χ0n) is 10.5. The van der Waals surface area contributed by atoms with Gasteiger partial charge >= 0.3 is 5.97 Å². The molecule has 0 aliphatic heterocycles. The summed E-state index contributed by atoms with van der Waals surface area (Å²) in [5.74, 6) is -1.25. The standard InChI is InChI=1S/C12H18N2O3S/c1-7-3-5-10(18-7)8(2)14-12(17)9(13)4-6-11(15)16/h3,5,8-9H,4,6,13H2,1-2H3,(H,14,17)(H,15,16). The molecule has 0 aliphatic carbocycles. The van der Waals surface area contributed by atoms with Crippen LogP contribution < -0.4 is 11.1 Å². The second-order valence-electron chi connectivity index (χ2n) is 4.22. The molecule has 100 valence electrons. The molecular formula is C12H18N2O3S. The smallest absolute Gasteiger partial charge is 0.303 e. The van der Waals surface area contributed by atoms with Crippen LogP contribution in [0.5, 0.6) is 0 Å². The summed E-state index contributed by atoms with van der Waals surface area (Å²) in [6, 6.07) is 3.08. The number of amides is 1. The number of carboxylic acids is 1. The van der Waals surface area contributed by atoms with Gasteiger partial charge in [0.05, 0.1) is 12.1 Å². The second kappa shape index (κ2) is 6.51. The van der Waals surface area contributed by atoms with Crippen LogP contribution in [0.3, 0.4) is 0 Å². The number of aryl methyl sites for hydroxylation is 1. The predicted molar refractivity (Wildman–Crippen MR) is 70.5 cm³/mol. The zero-order chi connectivity index (χ0) is 13.7. The molecule has 0 saturated heterocycles. The van der Waals surface area contributed by atoms with Gasteiger partial charge in [-0.1, -0.05) is 0 Å². The van der Waals surface area contributed by atoms with Gasteiger partial charge in [0, 0.05) is 16.2 Å². The van der Waals surface area contributed by atoms with E-state index in [9.17, 15) is 9.59 Å². The number of hydrogen-bond donors (Lipinski definition) is 3. The molecule has 4 N–H and O–H groups in total. The number of thiophene rings is 1. The van der Waals surface area contributed by atoms with E-state index in [0.717, 1.165) is 4.88 Å². The van der Waals surface area contributed by atoms with Crippen molar-refractivity contribution in [1.29, 1.82) is 0 Å². The Morgan fingerprint density at radius 2 is 2.17 bits per heavy atom. The summed E-state index contributed by atoms with van der Waals surface area (Å²) in [5, 5.41) is 11.3. The number of carbonyl (C=O) groups is 2. The minimum Gasteiger partial charge on any atom is -0.481 e. The van der Waals surface area contributed by atoms with Crippen molar-refractivity contribution in [2.45, 2.75) is 38.8 Å². The van der Waals surface area contributed by atoms with E-state index in [1.165, 1.54) is 4.88 Å². The summed E-state index contributed by atoms with van der Waals surface area (Å²) >= 11 is 1.62. The largest absolute Gasteiger partial charge is 0.481 e. The fraction of sp³-hybridized carbons (Fsp3) is 0.500. The molecule has 2 unspecified atom stereocenters. The van der Waals surface area contributed by atoms with E-state index in [2.05, 4.69) is 5.32 Å². The quantitative estimate of drug-likeness (QED) is 0.729. The van der Waals surface area contributed by atoms with Gasteiger partial charge in [0.1, 0.15) is 0 Å². The van der Waals surface area contributed by atoms with E-state index in [-0.39, 0.29) is 24.8 Å². The maximum atomic E-state index is 11.7. The third-order valence-electron chi connectivity index (χ3n) is 2.55. The molecule has 6 heteroatoms. The number of nitrogens with two attached hydrogens (primary N) is 1. The van der Waals surface area contributed by atoms with Gasteiger partial charge in [-0.15, -0.1) is 11.3 Å². The molecule has 1 aromatic rings.